The average Bonchev–Trinajstić information content (AvgIpc) is 3.46. The molecule has 1 saturated carbocycles. The van der Waals surface area contributed by atoms with Crippen molar-refractivity contribution in [2.45, 2.75) is 49.6 Å². The van der Waals surface area contributed by atoms with Crippen molar-refractivity contribution in [3.05, 3.63) is 59.7 Å². The van der Waals surface area contributed by atoms with E-state index in [9.17, 15) is 45.0 Å². The first-order valence-corrected chi connectivity index (χ1v) is 13.0. The van der Waals surface area contributed by atoms with Crippen LogP contribution in [-0.4, -0.2) is 90.4 Å². The molecule has 0 aromatic heterocycles. The zero-order chi connectivity index (χ0) is 29.7. The van der Waals surface area contributed by atoms with E-state index in [1.807, 2.05) is 0 Å². The summed E-state index contributed by atoms with van der Waals surface area (Å²) in [5.41, 5.74) is -1.35. The van der Waals surface area contributed by atoms with Crippen molar-refractivity contribution in [1.29, 1.82) is 0 Å². The minimum Gasteiger partial charge on any atom is -0.504 e. The second-order valence-electron chi connectivity index (χ2n) is 10.0. The Hall–Kier alpha value is -4.55. The van der Waals surface area contributed by atoms with Gasteiger partial charge in [-0.15, -0.1) is 0 Å². The fraction of sp³-hybridized carbons (Fsp3) is 0.345. The van der Waals surface area contributed by atoms with Gasteiger partial charge in [-0.2, -0.15) is 0 Å². The van der Waals surface area contributed by atoms with Gasteiger partial charge in [-0.3, -0.25) is 4.79 Å². The minimum atomic E-state index is -2.07. The quantitative estimate of drug-likeness (QED) is 0.161. The van der Waals surface area contributed by atoms with Gasteiger partial charge in [0.15, 0.2) is 29.1 Å². The number of hydrogen-bond donors (Lipinski definition) is 6. The largest absolute Gasteiger partial charge is 0.504 e. The summed E-state index contributed by atoms with van der Waals surface area (Å²) in [5.74, 6) is -3.97. The van der Waals surface area contributed by atoms with Gasteiger partial charge >= 0.3 is 11.9 Å². The van der Waals surface area contributed by atoms with Crippen LogP contribution in [-0.2, 0) is 23.9 Å². The number of phenolic OH excluding ortho intramolecular Hbond substituents is 4. The molecule has 0 radical (unpaired) electrons. The molecule has 2 aromatic rings. The van der Waals surface area contributed by atoms with Crippen molar-refractivity contribution in [3.8, 4) is 23.0 Å². The van der Waals surface area contributed by atoms with E-state index in [2.05, 4.69) is 0 Å². The van der Waals surface area contributed by atoms with Crippen molar-refractivity contribution >= 4 is 30.0 Å². The number of carbonyl (C=O) groups excluding carboxylic acids is 3. The van der Waals surface area contributed by atoms with Gasteiger partial charge in [-0.1, -0.05) is 12.1 Å². The number of likely N-dealkylation sites (tertiary alicyclic amines) is 1. The van der Waals surface area contributed by atoms with Crippen molar-refractivity contribution in [2.24, 2.45) is 0 Å². The lowest BCUT2D eigenvalue weighted by Crippen LogP contribution is -2.60. The third kappa shape index (κ3) is 7.16. The normalized spacial score (nSPS) is 24.5. The molecule has 1 unspecified atom stereocenters. The number of hydrogen-bond acceptors (Lipinski definition) is 11. The molecule has 218 valence electrons. The van der Waals surface area contributed by atoms with E-state index in [1.165, 1.54) is 53.5 Å². The molecule has 6 N–H and O–H groups in total. The number of esters is 2. The Labute approximate surface area is 235 Å². The number of benzene rings is 2. The summed E-state index contributed by atoms with van der Waals surface area (Å²) >= 11 is 0. The fourth-order valence-electron chi connectivity index (χ4n) is 4.87. The summed E-state index contributed by atoms with van der Waals surface area (Å²) in [6.45, 7) is 0.889. The first kappa shape index (κ1) is 29.4. The van der Waals surface area contributed by atoms with Gasteiger partial charge in [0.1, 0.15) is 11.7 Å². The van der Waals surface area contributed by atoms with Gasteiger partial charge < -0.3 is 45.0 Å². The predicted octanol–water partition coefficient (Wildman–Crippen LogP) is 1.57. The van der Waals surface area contributed by atoms with Crippen LogP contribution in [0.3, 0.4) is 0 Å². The van der Waals surface area contributed by atoms with Gasteiger partial charge in [0.25, 0.3) is 5.91 Å². The van der Waals surface area contributed by atoms with Crippen LogP contribution >= 0.6 is 0 Å². The number of rotatable bonds is 7. The number of carbonyl (C=O) groups is 3. The van der Waals surface area contributed by atoms with Crippen LogP contribution in [0.25, 0.3) is 12.2 Å². The SMILES string of the molecule is O=C(/C=C/c1ccc(O)c(O)c1)OC1[C@H](O)C[C@](O)(C(=O)N2CCCC2)C[C@H]1OC(=O)/C=C/c1ccc(O)c(O)c1. The predicted molar refractivity (Wildman–Crippen MR) is 143 cm³/mol. The van der Waals surface area contributed by atoms with E-state index in [-0.39, 0.29) is 11.5 Å². The maximum atomic E-state index is 13.1. The first-order chi connectivity index (χ1) is 19.4. The van der Waals surface area contributed by atoms with E-state index >= 15 is 0 Å². The molecule has 0 spiro atoms. The highest BCUT2D eigenvalue weighted by molar-refractivity contribution is 5.89. The molecule has 2 aliphatic rings. The number of aliphatic hydroxyl groups excluding tert-OH is 1. The third-order valence-electron chi connectivity index (χ3n) is 6.97. The maximum absolute atomic E-state index is 13.1. The lowest BCUT2D eigenvalue weighted by Gasteiger charge is -2.43. The molecule has 41 heavy (non-hydrogen) atoms. The molecular weight excluding hydrogens is 538 g/mol. The number of aromatic hydroxyl groups is 4. The molecule has 12 heteroatoms. The van der Waals surface area contributed by atoms with Crippen molar-refractivity contribution in [3.63, 3.8) is 0 Å². The molecule has 4 rings (SSSR count). The fourth-order valence-corrected chi connectivity index (χ4v) is 4.87. The molecule has 2 fully saturated rings. The standard InChI is InChI=1S/C29H31NO11/c31-19-7-3-17(13-21(19)33)5-9-25(36)40-24-16-29(39,28(38)30-11-1-2-12-30)15-23(35)27(24)41-26(37)10-6-18-4-8-20(32)22(34)14-18/h3-10,13-14,23-24,27,31-35,39H,1-2,11-12,15-16H2/b9-5+,10-6+/t23-,24-,27?,29-/m1/s1. The second kappa shape index (κ2) is 12.3. The first-order valence-electron chi connectivity index (χ1n) is 13.0. The summed E-state index contributed by atoms with van der Waals surface area (Å²) in [4.78, 5) is 39.9. The molecule has 1 aliphatic heterocycles. The smallest absolute Gasteiger partial charge is 0.331 e. The minimum absolute atomic E-state index is 0.341. The Balaban J connectivity index is 1.52. The van der Waals surface area contributed by atoms with E-state index < -0.39 is 66.1 Å². The molecule has 1 aliphatic carbocycles. The summed E-state index contributed by atoms with van der Waals surface area (Å²) in [6.07, 6.45) is 0.842. The topological polar surface area (TPSA) is 194 Å². The number of nitrogens with zero attached hydrogens (tertiary/aromatic N) is 1. The Morgan fingerprint density at radius 2 is 1.29 bits per heavy atom. The molecule has 1 heterocycles. The van der Waals surface area contributed by atoms with E-state index in [4.69, 9.17) is 9.47 Å². The monoisotopic (exact) mass is 569 g/mol. The summed E-state index contributed by atoms with van der Waals surface area (Å²) in [6, 6.07) is 7.74. The van der Waals surface area contributed by atoms with Crippen LogP contribution < -0.4 is 0 Å². The van der Waals surface area contributed by atoms with Crippen molar-refractivity contribution in [1.82, 2.24) is 4.90 Å². The highest BCUT2D eigenvalue weighted by Gasteiger charge is 2.53. The Morgan fingerprint density at radius 1 is 0.780 bits per heavy atom. The van der Waals surface area contributed by atoms with Gasteiger partial charge in [-0.25, -0.2) is 9.59 Å². The zero-order valence-corrected chi connectivity index (χ0v) is 21.9. The van der Waals surface area contributed by atoms with Crippen LogP contribution in [0.4, 0.5) is 0 Å². The van der Waals surface area contributed by atoms with Crippen LogP contribution in [0.1, 0.15) is 36.8 Å². The van der Waals surface area contributed by atoms with Gasteiger partial charge in [0.2, 0.25) is 0 Å². The van der Waals surface area contributed by atoms with Crippen LogP contribution in [0, 0.1) is 0 Å². The molecule has 2 aromatic carbocycles. The van der Waals surface area contributed by atoms with Gasteiger partial charge in [-0.05, 0) is 60.4 Å². The van der Waals surface area contributed by atoms with Crippen LogP contribution in [0.2, 0.25) is 0 Å². The molecule has 1 amide bonds. The molecular formula is C29H31NO11. The molecule has 4 atom stereocenters. The number of amides is 1. The Bertz CT molecular complexity index is 1360. The molecule has 12 nitrogen and oxygen atoms in total. The van der Waals surface area contributed by atoms with Crippen LogP contribution in [0.15, 0.2) is 48.6 Å². The molecule has 1 saturated heterocycles. The Kier molecular flexibility index (Phi) is 8.84. The lowest BCUT2D eigenvalue weighted by molar-refractivity contribution is -0.201. The van der Waals surface area contributed by atoms with Crippen molar-refractivity contribution < 1.29 is 54.5 Å². The Morgan fingerprint density at radius 3 is 1.80 bits per heavy atom. The average molecular weight is 570 g/mol. The number of phenols is 4. The van der Waals surface area contributed by atoms with Crippen molar-refractivity contribution in [2.75, 3.05) is 13.1 Å². The summed E-state index contributed by atoms with van der Waals surface area (Å²) in [5, 5.41) is 60.3. The molecule has 0 bridgehead atoms. The van der Waals surface area contributed by atoms with E-state index in [0.29, 0.717) is 24.2 Å². The highest BCUT2D eigenvalue weighted by atomic mass is 16.6. The van der Waals surface area contributed by atoms with E-state index in [1.54, 1.807) is 0 Å². The number of ether oxygens (including phenoxy) is 2. The van der Waals surface area contributed by atoms with E-state index in [0.717, 1.165) is 25.0 Å². The third-order valence-corrected chi connectivity index (χ3v) is 6.97. The number of aliphatic hydroxyl groups is 2. The summed E-state index contributed by atoms with van der Waals surface area (Å²) in [7, 11) is 0. The van der Waals surface area contributed by atoms with Gasteiger partial charge in [0, 0.05) is 38.1 Å². The lowest BCUT2D eigenvalue weighted by atomic mass is 9.78. The highest BCUT2D eigenvalue weighted by Crippen LogP contribution is 2.35. The van der Waals surface area contributed by atoms with Crippen LogP contribution in [0.5, 0.6) is 23.0 Å². The van der Waals surface area contributed by atoms with Gasteiger partial charge in [0.05, 0.1) is 6.10 Å². The second-order valence-corrected chi connectivity index (χ2v) is 10.0. The maximum Gasteiger partial charge on any atom is 0.331 e. The summed E-state index contributed by atoms with van der Waals surface area (Å²) < 4.78 is 10.9. The zero-order valence-electron chi connectivity index (χ0n) is 21.9.